The van der Waals surface area contributed by atoms with Gasteiger partial charge in [0.1, 0.15) is 5.54 Å². The third-order valence-corrected chi connectivity index (χ3v) is 3.80. The Kier molecular flexibility index (Phi) is 5.31. The first-order valence-electron chi connectivity index (χ1n) is 7.48. The van der Waals surface area contributed by atoms with Crippen molar-refractivity contribution in [2.45, 2.75) is 37.8 Å². The van der Waals surface area contributed by atoms with Gasteiger partial charge in [0.25, 0.3) is 0 Å². The summed E-state index contributed by atoms with van der Waals surface area (Å²) in [6.45, 7) is 3.41. The Bertz CT molecular complexity index is 462. The number of nitrogens with one attached hydrogen (secondary N) is 1. The van der Waals surface area contributed by atoms with Gasteiger partial charge in [-0.15, -0.1) is 0 Å². The van der Waals surface area contributed by atoms with Gasteiger partial charge in [-0.1, -0.05) is 6.07 Å². The average Bonchev–Trinajstić information content (AvgIpc) is 3.29. The first kappa shape index (κ1) is 15.9. The molecule has 0 aliphatic heterocycles. The van der Waals surface area contributed by atoms with Crippen LogP contribution in [0.3, 0.4) is 0 Å². The van der Waals surface area contributed by atoms with Crippen molar-refractivity contribution in [1.29, 1.82) is 0 Å². The molecule has 0 radical (unpaired) electrons. The number of methoxy groups -OCH3 is 1. The van der Waals surface area contributed by atoms with Crippen molar-refractivity contribution in [3.63, 3.8) is 0 Å². The molecule has 2 rings (SSSR count). The van der Waals surface area contributed by atoms with E-state index in [0.717, 1.165) is 31.5 Å². The molecule has 116 valence electrons. The van der Waals surface area contributed by atoms with Gasteiger partial charge in [-0.05, 0) is 38.9 Å². The van der Waals surface area contributed by atoms with Crippen LogP contribution in [0.5, 0.6) is 0 Å². The molecule has 1 aliphatic carbocycles. The van der Waals surface area contributed by atoms with E-state index in [0.29, 0.717) is 12.6 Å². The molecule has 5 nitrogen and oxygen atoms in total. The largest absolute Gasteiger partial charge is 0.468 e. The third-order valence-electron chi connectivity index (χ3n) is 3.80. The molecule has 1 heterocycles. The highest BCUT2D eigenvalue weighted by molar-refractivity contribution is 5.80. The molecule has 1 aliphatic rings. The predicted octanol–water partition coefficient (Wildman–Crippen LogP) is 1.24. The highest BCUT2D eigenvalue weighted by Gasteiger charge is 2.40. The lowest BCUT2D eigenvalue weighted by Gasteiger charge is -2.32. The van der Waals surface area contributed by atoms with Gasteiger partial charge < -0.3 is 9.64 Å². The first-order chi connectivity index (χ1) is 10.0. The molecule has 0 saturated heterocycles. The molecule has 1 fully saturated rings. The molecule has 0 aromatic carbocycles. The highest BCUT2D eigenvalue weighted by atomic mass is 16.5. The van der Waals surface area contributed by atoms with E-state index in [4.69, 9.17) is 4.74 Å². The van der Waals surface area contributed by atoms with E-state index >= 15 is 0 Å². The Morgan fingerprint density at radius 1 is 1.52 bits per heavy atom. The van der Waals surface area contributed by atoms with Gasteiger partial charge in [-0.3, -0.25) is 15.1 Å². The van der Waals surface area contributed by atoms with Gasteiger partial charge in [0.05, 0.1) is 7.11 Å². The fraction of sp³-hybridized carbons (Fsp3) is 0.625. The van der Waals surface area contributed by atoms with Crippen molar-refractivity contribution in [3.05, 3.63) is 30.1 Å². The van der Waals surface area contributed by atoms with Crippen LogP contribution in [0.4, 0.5) is 0 Å². The summed E-state index contributed by atoms with van der Waals surface area (Å²) < 4.78 is 4.97. The topological polar surface area (TPSA) is 54.5 Å². The lowest BCUT2D eigenvalue weighted by molar-refractivity contribution is -0.148. The van der Waals surface area contributed by atoms with Crippen LogP contribution in [0.15, 0.2) is 24.4 Å². The minimum atomic E-state index is -0.644. The van der Waals surface area contributed by atoms with Crippen molar-refractivity contribution in [2.24, 2.45) is 0 Å². The Morgan fingerprint density at radius 3 is 2.86 bits per heavy atom. The van der Waals surface area contributed by atoms with Gasteiger partial charge >= 0.3 is 5.97 Å². The molecule has 5 heteroatoms. The fourth-order valence-corrected chi connectivity index (χ4v) is 2.54. The Labute approximate surface area is 126 Å². The van der Waals surface area contributed by atoms with Crippen molar-refractivity contribution < 1.29 is 9.53 Å². The number of ether oxygens (including phenoxy) is 1. The zero-order valence-corrected chi connectivity index (χ0v) is 13.1. The number of nitrogens with zero attached hydrogens (tertiary/aromatic N) is 2. The smallest absolute Gasteiger partial charge is 0.327 e. The summed E-state index contributed by atoms with van der Waals surface area (Å²) in [6, 6.07) is 6.39. The standard InChI is InChI=1S/C16H25N3O2/c1-16(15(20)21-3,18-14-7-8-14)12-19(2)11-9-13-6-4-5-10-17-13/h4-6,10,14,18H,7-9,11-12H2,1-3H3. The number of carbonyl (C=O) groups excluding carboxylic acids is 1. The molecule has 0 bridgehead atoms. The van der Waals surface area contributed by atoms with Crippen LogP contribution in [-0.4, -0.2) is 54.7 Å². The summed E-state index contributed by atoms with van der Waals surface area (Å²) in [6.07, 6.45) is 4.97. The van der Waals surface area contributed by atoms with Gasteiger partial charge in [0.2, 0.25) is 0 Å². The lowest BCUT2D eigenvalue weighted by Crippen LogP contribution is -2.57. The number of pyridine rings is 1. The summed E-state index contributed by atoms with van der Waals surface area (Å²) in [7, 11) is 3.47. The molecule has 1 aromatic heterocycles. The summed E-state index contributed by atoms with van der Waals surface area (Å²) in [4.78, 5) is 18.6. The number of carbonyl (C=O) groups is 1. The number of esters is 1. The van der Waals surface area contributed by atoms with Crippen molar-refractivity contribution in [1.82, 2.24) is 15.2 Å². The summed E-state index contributed by atoms with van der Waals surface area (Å²) >= 11 is 0. The van der Waals surface area contributed by atoms with E-state index in [2.05, 4.69) is 15.2 Å². The minimum absolute atomic E-state index is 0.195. The second-order valence-electron chi connectivity index (χ2n) is 6.05. The highest BCUT2D eigenvalue weighted by Crippen LogP contribution is 2.23. The molecule has 0 spiro atoms. The lowest BCUT2D eigenvalue weighted by atomic mass is 10.0. The van der Waals surface area contributed by atoms with Crippen molar-refractivity contribution >= 4 is 5.97 Å². The predicted molar refractivity (Wildman–Crippen MR) is 82.0 cm³/mol. The van der Waals surface area contributed by atoms with Gasteiger partial charge in [0.15, 0.2) is 0 Å². The number of aromatic nitrogens is 1. The Balaban J connectivity index is 1.88. The maximum Gasteiger partial charge on any atom is 0.327 e. The molecule has 1 aromatic rings. The minimum Gasteiger partial charge on any atom is -0.468 e. The number of rotatable bonds is 8. The van der Waals surface area contributed by atoms with Crippen LogP contribution >= 0.6 is 0 Å². The van der Waals surface area contributed by atoms with Crippen LogP contribution in [0.25, 0.3) is 0 Å². The molecular weight excluding hydrogens is 266 g/mol. The van der Waals surface area contributed by atoms with Crippen LogP contribution < -0.4 is 5.32 Å². The average molecular weight is 291 g/mol. The van der Waals surface area contributed by atoms with Gasteiger partial charge in [-0.25, -0.2) is 0 Å². The summed E-state index contributed by atoms with van der Waals surface area (Å²) in [5, 5.41) is 3.42. The van der Waals surface area contributed by atoms with Crippen molar-refractivity contribution in [2.75, 3.05) is 27.2 Å². The van der Waals surface area contributed by atoms with Crippen molar-refractivity contribution in [3.8, 4) is 0 Å². The quantitative estimate of drug-likeness (QED) is 0.730. The molecule has 0 amide bonds. The first-order valence-corrected chi connectivity index (χ1v) is 7.48. The Morgan fingerprint density at radius 2 is 2.29 bits per heavy atom. The van der Waals surface area contributed by atoms with E-state index in [1.807, 2.05) is 38.4 Å². The SMILES string of the molecule is COC(=O)C(C)(CN(C)CCc1ccccn1)NC1CC1. The monoisotopic (exact) mass is 291 g/mol. The molecule has 1 unspecified atom stereocenters. The fourth-order valence-electron chi connectivity index (χ4n) is 2.54. The molecular formula is C16H25N3O2. The summed E-state index contributed by atoms with van der Waals surface area (Å²) in [5.41, 5.74) is 0.425. The molecule has 1 N–H and O–H groups in total. The molecule has 1 atom stereocenters. The van der Waals surface area contributed by atoms with Crippen LogP contribution in [0.2, 0.25) is 0 Å². The maximum atomic E-state index is 12.1. The van der Waals surface area contributed by atoms with Crippen LogP contribution in [-0.2, 0) is 16.0 Å². The van der Waals surface area contributed by atoms with E-state index in [-0.39, 0.29) is 5.97 Å². The third kappa shape index (κ3) is 4.79. The normalized spacial score (nSPS) is 17.5. The maximum absolute atomic E-state index is 12.1. The van der Waals surface area contributed by atoms with E-state index in [1.165, 1.54) is 7.11 Å². The van der Waals surface area contributed by atoms with Crippen LogP contribution in [0.1, 0.15) is 25.5 Å². The molecule has 1 saturated carbocycles. The number of likely N-dealkylation sites (N-methyl/N-ethyl adjacent to an activating group) is 1. The Hall–Kier alpha value is -1.46. The second-order valence-corrected chi connectivity index (χ2v) is 6.05. The molecule has 21 heavy (non-hydrogen) atoms. The zero-order valence-electron chi connectivity index (χ0n) is 13.1. The number of hydrogen-bond donors (Lipinski definition) is 1. The van der Waals surface area contributed by atoms with Crippen LogP contribution in [0, 0.1) is 0 Å². The van der Waals surface area contributed by atoms with Gasteiger partial charge in [-0.2, -0.15) is 0 Å². The number of hydrogen-bond acceptors (Lipinski definition) is 5. The summed E-state index contributed by atoms with van der Waals surface area (Å²) in [5.74, 6) is -0.195. The van der Waals surface area contributed by atoms with E-state index in [1.54, 1.807) is 0 Å². The van der Waals surface area contributed by atoms with E-state index in [9.17, 15) is 4.79 Å². The van der Waals surface area contributed by atoms with Gasteiger partial charge in [0, 0.05) is 37.4 Å². The zero-order chi connectivity index (χ0) is 15.3. The second kappa shape index (κ2) is 7.00. The van der Waals surface area contributed by atoms with E-state index < -0.39 is 5.54 Å².